The minimum Gasteiger partial charge on any atom is -0.277 e. The first-order valence-corrected chi connectivity index (χ1v) is 16.6. The second kappa shape index (κ2) is 9.93. The number of hydrogen-bond donors (Lipinski definition) is 0. The molecule has 0 radical (unpaired) electrons. The Balaban J connectivity index is 1.41. The number of aromatic nitrogens is 4. The molecule has 0 spiro atoms. The summed E-state index contributed by atoms with van der Waals surface area (Å²) in [5, 5.41) is 9.90. The van der Waals surface area contributed by atoms with Crippen LogP contribution in [0.3, 0.4) is 0 Å². The smallest absolute Gasteiger partial charge is 0.238 e. The average molecular weight is 623 g/mol. The van der Waals surface area contributed by atoms with Crippen LogP contribution in [0.5, 0.6) is 0 Å². The van der Waals surface area contributed by atoms with Gasteiger partial charge >= 0.3 is 0 Å². The van der Waals surface area contributed by atoms with Gasteiger partial charge in [0, 0.05) is 32.7 Å². The molecule has 0 amide bonds. The predicted octanol–water partition coefficient (Wildman–Crippen LogP) is 11.4. The summed E-state index contributed by atoms with van der Waals surface area (Å²) in [6.07, 6.45) is 0. The van der Waals surface area contributed by atoms with Gasteiger partial charge in [0.2, 0.25) is 5.95 Å². The number of nitrogens with zero attached hydrogens (tertiary/aromatic N) is 4. The number of hydrogen-bond acceptors (Lipinski definition) is 3. The molecular formula is C45H26N4. The molecule has 2 heterocycles. The SMILES string of the molecule is c1ccc(-c2nc(-c3ccccc3)nc(-n3c4cccc5c4c4c6c(cc7ccccc7c6c6ccccc6c43)-c3ccccc3-5)n2)cc1. The van der Waals surface area contributed by atoms with Crippen LogP contribution in [0.2, 0.25) is 0 Å². The van der Waals surface area contributed by atoms with E-state index in [-0.39, 0.29) is 0 Å². The van der Waals surface area contributed by atoms with E-state index < -0.39 is 0 Å². The maximum absolute atomic E-state index is 5.26. The number of rotatable bonds is 3. The van der Waals surface area contributed by atoms with Crippen molar-refractivity contribution in [2.75, 3.05) is 0 Å². The largest absolute Gasteiger partial charge is 0.277 e. The topological polar surface area (TPSA) is 43.6 Å². The molecule has 0 saturated carbocycles. The van der Waals surface area contributed by atoms with E-state index in [0.717, 1.165) is 22.2 Å². The van der Waals surface area contributed by atoms with E-state index in [2.05, 4.69) is 126 Å². The Bertz CT molecular complexity index is 2920. The van der Waals surface area contributed by atoms with Crippen molar-refractivity contribution in [1.82, 2.24) is 19.5 Å². The van der Waals surface area contributed by atoms with Crippen molar-refractivity contribution < 1.29 is 0 Å². The molecule has 0 fully saturated rings. The molecule has 0 unspecified atom stereocenters. The Labute approximate surface area is 281 Å². The first-order valence-electron chi connectivity index (χ1n) is 16.6. The molecule has 10 aromatic rings. The highest BCUT2D eigenvalue weighted by Crippen LogP contribution is 2.53. The molecule has 0 saturated heterocycles. The fraction of sp³-hybridized carbons (Fsp3) is 0. The van der Waals surface area contributed by atoms with Crippen LogP contribution in [0.4, 0.5) is 0 Å². The molecule has 0 aliphatic heterocycles. The highest BCUT2D eigenvalue weighted by atomic mass is 15.2. The zero-order valence-electron chi connectivity index (χ0n) is 26.3. The van der Waals surface area contributed by atoms with E-state index in [9.17, 15) is 0 Å². The normalized spacial score (nSPS) is 12.1. The van der Waals surface area contributed by atoms with Gasteiger partial charge in [-0.25, -0.2) is 4.98 Å². The van der Waals surface area contributed by atoms with E-state index in [1.807, 2.05) is 36.4 Å². The van der Waals surface area contributed by atoms with Crippen molar-refractivity contribution >= 4 is 54.1 Å². The molecular weight excluding hydrogens is 597 g/mol. The maximum Gasteiger partial charge on any atom is 0.238 e. The van der Waals surface area contributed by atoms with Crippen molar-refractivity contribution in [3.63, 3.8) is 0 Å². The molecule has 2 aromatic heterocycles. The first kappa shape index (κ1) is 26.4. The molecule has 0 N–H and O–H groups in total. The van der Waals surface area contributed by atoms with E-state index in [0.29, 0.717) is 17.6 Å². The zero-order valence-corrected chi connectivity index (χ0v) is 26.3. The monoisotopic (exact) mass is 622 g/mol. The lowest BCUT2D eigenvalue weighted by atomic mass is 9.88. The van der Waals surface area contributed by atoms with Crippen LogP contribution in [0.15, 0.2) is 158 Å². The van der Waals surface area contributed by atoms with Crippen molar-refractivity contribution in [1.29, 1.82) is 0 Å². The van der Waals surface area contributed by atoms with E-state index in [1.54, 1.807) is 0 Å². The van der Waals surface area contributed by atoms with Gasteiger partial charge in [-0.05, 0) is 55.9 Å². The van der Waals surface area contributed by atoms with Gasteiger partial charge in [0.1, 0.15) is 0 Å². The fourth-order valence-electron chi connectivity index (χ4n) is 8.13. The van der Waals surface area contributed by atoms with Gasteiger partial charge in [-0.15, -0.1) is 0 Å². The van der Waals surface area contributed by atoms with Crippen LogP contribution < -0.4 is 0 Å². The number of benzene rings is 8. The van der Waals surface area contributed by atoms with Gasteiger partial charge in [0.25, 0.3) is 0 Å². The molecule has 1 aliphatic rings. The molecule has 49 heavy (non-hydrogen) atoms. The summed E-state index contributed by atoms with van der Waals surface area (Å²) in [5.74, 6) is 1.89. The fourth-order valence-corrected chi connectivity index (χ4v) is 8.13. The Kier molecular flexibility index (Phi) is 5.35. The third-order valence-electron chi connectivity index (χ3n) is 10.1. The van der Waals surface area contributed by atoms with Crippen LogP contribution in [0, 0.1) is 0 Å². The van der Waals surface area contributed by atoms with E-state index >= 15 is 0 Å². The molecule has 1 aliphatic carbocycles. The lowest BCUT2D eigenvalue weighted by molar-refractivity contribution is 0.955. The minimum atomic E-state index is 0.602. The first-order chi connectivity index (χ1) is 24.3. The third-order valence-corrected chi connectivity index (χ3v) is 10.1. The Morgan fingerprint density at radius 3 is 1.65 bits per heavy atom. The predicted molar refractivity (Wildman–Crippen MR) is 202 cm³/mol. The molecule has 8 aromatic carbocycles. The van der Waals surface area contributed by atoms with Gasteiger partial charge in [-0.3, -0.25) is 4.57 Å². The molecule has 4 heteroatoms. The van der Waals surface area contributed by atoms with Crippen molar-refractivity contribution in [2.24, 2.45) is 0 Å². The van der Waals surface area contributed by atoms with Crippen molar-refractivity contribution in [3.8, 4) is 51.0 Å². The van der Waals surface area contributed by atoms with Gasteiger partial charge in [-0.2, -0.15) is 9.97 Å². The van der Waals surface area contributed by atoms with Crippen LogP contribution >= 0.6 is 0 Å². The molecule has 0 atom stereocenters. The number of fused-ring (bicyclic) bond motifs is 8. The summed E-state index contributed by atoms with van der Waals surface area (Å²) >= 11 is 0. The van der Waals surface area contributed by atoms with Gasteiger partial charge in [0.15, 0.2) is 11.6 Å². The third kappa shape index (κ3) is 3.66. The molecule has 4 nitrogen and oxygen atoms in total. The van der Waals surface area contributed by atoms with Crippen LogP contribution in [0.1, 0.15) is 0 Å². The standard InChI is InChI=1S/C45H26N4/c1-3-14-27(15-4-1)43-46-44(28-16-5-2-6-17-28)48-45(47-43)49-37-25-13-24-33-31-20-9-10-21-32(31)36-26-29-18-7-8-19-30(29)38-34-22-11-12-23-35(34)42(49)41(39(33)37)40(36)38/h1-26H. The van der Waals surface area contributed by atoms with Crippen molar-refractivity contribution in [2.45, 2.75) is 0 Å². The van der Waals surface area contributed by atoms with E-state index in [4.69, 9.17) is 15.0 Å². The molecule has 0 bridgehead atoms. The van der Waals surface area contributed by atoms with Crippen LogP contribution in [-0.2, 0) is 0 Å². The highest BCUT2D eigenvalue weighted by Gasteiger charge is 2.28. The average Bonchev–Trinajstić information content (AvgIpc) is 3.48. The van der Waals surface area contributed by atoms with Crippen LogP contribution in [-0.4, -0.2) is 19.5 Å². The lowest BCUT2D eigenvalue weighted by Crippen LogP contribution is -2.06. The van der Waals surface area contributed by atoms with Crippen molar-refractivity contribution in [3.05, 3.63) is 158 Å². The Morgan fingerprint density at radius 2 is 0.939 bits per heavy atom. The summed E-state index contributed by atoms with van der Waals surface area (Å²) in [4.78, 5) is 15.6. The minimum absolute atomic E-state index is 0.602. The Morgan fingerprint density at radius 1 is 0.367 bits per heavy atom. The Hall–Kier alpha value is -6.65. The van der Waals surface area contributed by atoms with E-state index in [1.165, 1.54) is 65.3 Å². The van der Waals surface area contributed by atoms with Gasteiger partial charge in [0.05, 0.1) is 11.0 Å². The summed E-state index contributed by atoms with van der Waals surface area (Å²) in [6, 6.07) is 56.0. The molecule has 226 valence electrons. The summed E-state index contributed by atoms with van der Waals surface area (Å²) in [7, 11) is 0. The van der Waals surface area contributed by atoms with Gasteiger partial charge in [-0.1, -0.05) is 146 Å². The second-order valence-electron chi connectivity index (χ2n) is 12.8. The van der Waals surface area contributed by atoms with Crippen LogP contribution in [0.25, 0.3) is 105 Å². The summed E-state index contributed by atoms with van der Waals surface area (Å²) in [6.45, 7) is 0. The quantitative estimate of drug-likeness (QED) is 0.184. The second-order valence-corrected chi connectivity index (χ2v) is 12.8. The summed E-state index contributed by atoms with van der Waals surface area (Å²) in [5.41, 5.74) is 9.03. The summed E-state index contributed by atoms with van der Waals surface area (Å²) < 4.78 is 2.30. The zero-order chi connectivity index (χ0) is 32.1. The maximum atomic E-state index is 5.26. The molecule has 11 rings (SSSR count). The lowest BCUT2D eigenvalue weighted by Gasteiger charge is -2.17. The van der Waals surface area contributed by atoms with Gasteiger partial charge < -0.3 is 0 Å². The highest BCUT2D eigenvalue weighted by molar-refractivity contribution is 6.41.